The van der Waals surface area contributed by atoms with Crippen LogP contribution in [0.2, 0.25) is 0 Å². The Morgan fingerprint density at radius 2 is 2.00 bits per heavy atom. The van der Waals surface area contributed by atoms with E-state index in [1.54, 1.807) is 18.3 Å². The van der Waals surface area contributed by atoms with Gasteiger partial charge in [-0.05, 0) is 36.4 Å². The van der Waals surface area contributed by atoms with E-state index in [1.165, 1.54) is 12.1 Å². The topological polar surface area (TPSA) is 80.6 Å². The number of aromatic nitrogens is 2. The fraction of sp³-hybridized carbons (Fsp3) is 0.125. The van der Waals surface area contributed by atoms with Crippen LogP contribution in [-0.2, 0) is 11.2 Å². The summed E-state index contributed by atoms with van der Waals surface area (Å²) in [6.07, 6.45) is 1.94. The van der Waals surface area contributed by atoms with Crippen molar-refractivity contribution in [3.8, 4) is 11.3 Å². The van der Waals surface area contributed by atoms with Crippen molar-refractivity contribution < 1.29 is 14.3 Å². The summed E-state index contributed by atoms with van der Waals surface area (Å²) >= 11 is 0. The van der Waals surface area contributed by atoms with E-state index in [9.17, 15) is 9.18 Å². The summed E-state index contributed by atoms with van der Waals surface area (Å²) < 4.78 is 14.9. The van der Waals surface area contributed by atoms with Gasteiger partial charge in [-0.25, -0.2) is 9.37 Å². The first-order valence-corrected chi connectivity index (χ1v) is 6.76. The lowest BCUT2D eigenvalue weighted by Gasteiger charge is -2.09. The molecule has 6 heteroatoms. The average molecular weight is 299 g/mol. The Morgan fingerprint density at radius 3 is 2.68 bits per heavy atom. The number of rotatable bonds is 4. The molecule has 1 unspecified atom stereocenters. The lowest BCUT2D eigenvalue weighted by atomic mass is 10.1. The predicted molar refractivity (Wildman–Crippen MR) is 79.9 cm³/mol. The smallest absolute Gasteiger partial charge is 0.320 e. The number of carboxylic acid groups (broad SMARTS) is 1. The Bertz CT molecular complexity index is 827. The molecule has 112 valence electrons. The van der Waals surface area contributed by atoms with Gasteiger partial charge in [-0.1, -0.05) is 6.07 Å². The zero-order valence-electron chi connectivity index (χ0n) is 11.6. The van der Waals surface area contributed by atoms with Crippen LogP contribution >= 0.6 is 0 Å². The fourth-order valence-corrected chi connectivity index (χ4v) is 2.38. The minimum atomic E-state index is -1.07. The molecular formula is C16H14FN3O2. The Labute approximate surface area is 125 Å². The van der Waals surface area contributed by atoms with Crippen LogP contribution in [0.5, 0.6) is 0 Å². The van der Waals surface area contributed by atoms with Crippen molar-refractivity contribution in [2.75, 3.05) is 0 Å². The first-order valence-electron chi connectivity index (χ1n) is 6.76. The molecule has 0 radical (unpaired) electrons. The van der Waals surface area contributed by atoms with Crippen LogP contribution in [0, 0.1) is 5.82 Å². The molecule has 0 fully saturated rings. The summed E-state index contributed by atoms with van der Waals surface area (Å²) in [6, 6.07) is 10.4. The van der Waals surface area contributed by atoms with E-state index >= 15 is 0 Å². The minimum absolute atomic E-state index is 0.132. The SMILES string of the molecule is NC(Cc1c(-c2ccc(F)cc2)nc2ccccn12)C(=O)O. The van der Waals surface area contributed by atoms with Gasteiger partial charge in [-0.15, -0.1) is 0 Å². The molecule has 0 aliphatic heterocycles. The van der Waals surface area contributed by atoms with Crippen molar-refractivity contribution in [3.63, 3.8) is 0 Å². The number of aliphatic carboxylic acids is 1. The van der Waals surface area contributed by atoms with Crippen molar-refractivity contribution in [3.05, 3.63) is 60.2 Å². The van der Waals surface area contributed by atoms with Crippen LogP contribution < -0.4 is 5.73 Å². The van der Waals surface area contributed by atoms with Gasteiger partial charge in [-0.2, -0.15) is 0 Å². The zero-order chi connectivity index (χ0) is 15.7. The van der Waals surface area contributed by atoms with Gasteiger partial charge in [-0.3, -0.25) is 4.79 Å². The molecule has 3 rings (SSSR count). The number of imidazole rings is 1. The molecule has 0 amide bonds. The maximum Gasteiger partial charge on any atom is 0.320 e. The van der Waals surface area contributed by atoms with Gasteiger partial charge in [0.05, 0.1) is 11.4 Å². The molecule has 0 saturated carbocycles. The largest absolute Gasteiger partial charge is 0.480 e. The van der Waals surface area contributed by atoms with Gasteiger partial charge in [0.15, 0.2) is 0 Å². The Morgan fingerprint density at radius 1 is 1.27 bits per heavy atom. The molecule has 5 nitrogen and oxygen atoms in total. The van der Waals surface area contributed by atoms with Crippen molar-refractivity contribution >= 4 is 11.6 Å². The van der Waals surface area contributed by atoms with Crippen LogP contribution in [0.4, 0.5) is 4.39 Å². The van der Waals surface area contributed by atoms with Crippen molar-refractivity contribution in [2.45, 2.75) is 12.5 Å². The molecule has 0 spiro atoms. The van der Waals surface area contributed by atoms with Crippen LogP contribution in [-0.4, -0.2) is 26.5 Å². The number of benzene rings is 1. The van der Waals surface area contributed by atoms with E-state index in [0.29, 0.717) is 17.0 Å². The summed E-state index contributed by atoms with van der Waals surface area (Å²) in [5.41, 5.74) is 8.38. The molecule has 1 atom stereocenters. The normalized spacial score (nSPS) is 12.5. The number of nitrogens with two attached hydrogens (primary N) is 1. The maximum atomic E-state index is 13.1. The second-order valence-electron chi connectivity index (χ2n) is 4.99. The number of pyridine rings is 1. The molecule has 0 saturated heterocycles. The average Bonchev–Trinajstić information content (AvgIpc) is 2.87. The molecule has 0 aliphatic carbocycles. The minimum Gasteiger partial charge on any atom is -0.480 e. The summed E-state index contributed by atoms with van der Waals surface area (Å²) in [5, 5.41) is 9.05. The van der Waals surface area contributed by atoms with Crippen molar-refractivity contribution in [2.24, 2.45) is 5.73 Å². The molecule has 3 aromatic rings. The molecule has 0 bridgehead atoms. The number of nitrogens with zero attached hydrogens (tertiary/aromatic N) is 2. The first kappa shape index (κ1) is 14.2. The molecule has 1 aromatic carbocycles. The number of carboxylic acids is 1. The van der Waals surface area contributed by atoms with Gasteiger partial charge in [0, 0.05) is 18.2 Å². The summed E-state index contributed by atoms with van der Waals surface area (Å²) in [4.78, 5) is 15.6. The third-order valence-electron chi connectivity index (χ3n) is 3.48. The van der Waals surface area contributed by atoms with Gasteiger partial charge >= 0.3 is 5.97 Å². The number of hydrogen-bond acceptors (Lipinski definition) is 3. The zero-order valence-corrected chi connectivity index (χ0v) is 11.6. The quantitative estimate of drug-likeness (QED) is 0.773. The van der Waals surface area contributed by atoms with E-state index in [1.807, 2.05) is 22.6 Å². The van der Waals surface area contributed by atoms with Crippen LogP contribution in [0.25, 0.3) is 16.9 Å². The second kappa shape index (κ2) is 5.57. The highest BCUT2D eigenvalue weighted by Gasteiger charge is 2.20. The van der Waals surface area contributed by atoms with Crippen LogP contribution in [0.3, 0.4) is 0 Å². The van der Waals surface area contributed by atoms with Gasteiger partial charge in [0.25, 0.3) is 0 Å². The summed E-state index contributed by atoms with van der Waals surface area (Å²) in [5.74, 6) is -1.41. The van der Waals surface area contributed by atoms with Crippen molar-refractivity contribution in [1.29, 1.82) is 0 Å². The third-order valence-corrected chi connectivity index (χ3v) is 3.48. The van der Waals surface area contributed by atoms with Crippen LogP contribution in [0.1, 0.15) is 5.69 Å². The molecule has 22 heavy (non-hydrogen) atoms. The molecular weight excluding hydrogens is 285 g/mol. The number of hydrogen-bond donors (Lipinski definition) is 2. The summed E-state index contributed by atoms with van der Waals surface area (Å²) in [7, 11) is 0. The van der Waals surface area contributed by atoms with Crippen LogP contribution in [0.15, 0.2) is 48.7 Å². The molecule has 2 aromatic heterocycles. The lowest BCUT2D eigenvalue weighted by molar-refractivity contribution is -0.138. The Hall–Kier alpha value is -2.73. The van der Waals surface area contributed by atoms with Gasteiger partial charge in [0.1, 0.15) is 17.5 Å². The van der Waals surface area contributed by atoms with Crippen molar-refractivity contribution in [1.82, 2.24) is 9.38 Å². The predicted octanol–water partition coefficient (Wildman–Crippen LogP) is 2.09. The Kier molecular flexibility index (Phi) is 3.60. The molecule has 3 N–H and O–H groups in total. The second-order valence-corrected chi connectivity index (χ2v) is 4.99. The van der Waals surface area contributed by atoms with Gasteiger partial charge in [0.2, 0.25) is 0 Å². The number of carbonyl (C=O) groups is 1. The van der Waals surface area contributed by atoms with E-state index in [4.69, 9.17) is 10.8 Å². The van der Waals surface area contributed by atoms with E-state index < -0.39 is 12.0 Å². The highest BCUT2D eigenvalue weighted by Crippen LogP contribution is 2.25. The molecule has 0 aliphatic rings. The highest BCUT2D eigenvalue weighted by molar-refractivity contribution is 5.75. The van der Waals surface area contributed by atoms with E-state index in [2.05, 4.69) is 4.98 Å². The highest BCUT2D eigenvalue weighted by atomic mass is 19.1. The molecule has 2 heterocycles. The lowest BCUT2D eigenvalue weighted by Crippen LogP contribution is -2.32. The number of fused-ring (bicyclic) bond motifs is 1. The first-order chi connectivity index (χ1) is 10.6. The monoisotopic (exact) mass is 299 g/mol. The van der Waals surface area contributed by atoms with E-state index in [0.717, 1.165) is 5.56 Å². The third kappa shape index (κ3) is 2.56. The number of halogens is 1. The fourth-order valence-electron chi connectivity index (χ4n) is 2.38. The summed E-state index contributed by atoms with van der Waals surface area (Å²) in [6.45, 7) is 0. The van der Waals surface area contributed by atoms with Gasteiger partial charge < -0.3 is 15.2 Å². The standard InChI is InChI=1S/C16H14FN3O2/c17-11-6-4-10(5-7-11)15-13(9-12(18)16(21)22)20-8-2-1-3-14(20)19-15/h1-8,12H,9,18H2,(H,21,22). The maximum absolute atomic E-state index is 13.1. The van der Waals surface area contributed by atoms with E-state index in [-0.39, 0.29) is 12.2 Å². The Balaban J connectivity index is 2.16.